The van der Waals surface area contributed by atoms with Gasteiger partial charge in [-0.25, -0.2) is 4.79 Å². The lowest BCUT2D eigenvalue weighted by Gasteiger charge is -2.21. The molecule has 0 saturated heterocycles. The Morgan fingerprint density at radius 3 is 1.56 bits per heavy atom. The highest BCUT2D eigenvalue weighted by Crippen LogP contribution is 2.42. The minimum atomic E-state index is -5.25. The van der Waals surface area contributed by atoms with Gasteiger partial charge in [-0.3, -0.25) is 4.79 Å². The maximum atomic E-state index is 13.7. The number of carbonyl (C=O) groups excluding carboxylic acids is 2. The highest BCUT2D eigenvalue weighted by atomic mass is 31.1. The largest absolute Gasteiger partial charge is 0.458 e. The van der Waals surface area contributed by atoms with Gasteiger partial charge in [0.15, 0.2) is 11.1 Å². The molecule has 3 rings (SSSR count). The molecule has 0 aromatic heterocycles. The number of alkyl halides is 6. The molecular weight excluding hydrogens is 505 g/mol. The van der Waals surface area contributed by atoms with Crippen molar-refractivity contribution < 1.29 is 40.5 Å². The van der Waals surface area contributed by atoms with Gasteiger partial charge in [-0.2, -0.15) is 26.3 Å². The van der Waals surface area contributed by atoms with Gasteiger partial charge in [-0.1, -0.05) is 28.8 Å². The molecule has 0 heterocycles. The molecule has 0 aliphatic rings. The van der Waals surface area contributed by atoms with E-state index in [0.29, 0.717) is 29.3 Å². The summed E-state index contributed by atoms with van der Waals surface area (Å²) in [6.07, 6.45) is -10.5. The molecule has 3 nitrogen and oxygen atoms in total. The Hall–Kier alpha value is -3.32. The van der Waals surface area contributed by atoms with E-state index < -0.39 is 53.7 Å². The number of benzene rings is 3. The highest BCUT2D eigenvalue weighted by Gasteiger charge is 2.44. The highest BCUT2D eigenvalue weighted by molar-refractivity contribution is 7.71. The summed E-state index contributed by atoms with van der Waals surface area (Å²) in [6, 6.07) is 9.11. The molecule has 0 amide bonds. The van der Waals surface area contributed by atoms with Crippen LogP contribution in [0.2, 0.25) is 0 Å². The molecule has 10 heteroatoms. The Kier molecular flexibility index (Phi) is 7.29. The standard InChI is InChI=1S/C26H20F6O3P/c1-13-14(2)20(16(4)21(15(13)3)24(34)36(35)17-9-6-5-7-10-17)23(33)22-18(25(27,28)29)11-8-12-19(22)26(30,31)32/h5-12H,1-4H3/q+1. The summed E-state index contributed by atoms with van der Waals surface area (Å²) in [5.41, 5.74) is -5.84. The van der Waals surface area contributed by atoms with Crippen LogP contribution < -0.4 is 5.30 Å². The number of hydrogen-bond donors (Lipinski definition) is 0. The fraction of sp³-hybridized carbons (Fsp3) is 0.231. The van der Waals surface area contributed by atoms with Gasteiger partial charge in [0.25, 0.3) is 0 Å². The zero-order valence-electron chi connectivity index (χ0n) is 19.6. The Bertz CT molecular complexity index is 1360. The van der Waals surface area contributed by atoms with Crippen molar-refractivity contribution in [3.63, 3.8) is 0 Å². The number of rotatable bonds is 5. The smallest absolute Gasteiger partial charge is 0.289 e. The van der Waals surface area contributed by atoms with Gasteiger partial charge in [0.2, 0.25) is 0 Å². The third-order valence-corrected chi connectivity index (χ3v) is 7.50. The number of ketones is 1. The maximum Gasteiger partial charge on any atom is 0.458 e. The van der Waals surface area contributed by atoms with Crippen molar-refractivity contribution in [2.24, 2.45) is 0 Å². The molecule has 3 aromatic carbocycles. The van der Waals surface area contributed by atoms with Crippen LogP contribution in [0.3, 0.4) is 0 Å². The summed E-state index contributed by atoms with van der Waals surface area (Å²) in [7, 11) is -2.66. The third kappa shape index (κ3) is 4.85. The van der Waals surface area contributed by atoms with Crippen LogP contribution in [0.4, 0.5) is 26.3 Å². The second kappa shape index (κ2) is 9.62. The van der Waals surface area contributed by atoms with Gasteiger partial charge in [0.05, 0.1) is 16.7 Å². The minimum absolute atomic E-state index is 0.130. The van der Waals surface area contributed by atoms with Crippen LogP contribution in [0.15, 0.2) is 48.5 Å². The Morgan fingerprint density at radius 1 is 0.611 bits per heavy atom. The van der Waals surface area contributed by atoms with E-state index in [-0.39, 0.29) is 22.0 Å². The fourth-order valence-corrected chi connectivity index (χ4v) is 5.40. The van der Waals surface area contributed by atoms with Crippen LogP contribution in [-0.2, 0) is 16.9 Å². The van der Waals surface area contributed by atoms with Crippen molar-refractivity contribution in [2.45, 2.75) is 40.0 Å². The molecule has 188 valence electrons. The minimum Gasteiger partial charge on any atom is -0.289 e. The summed E-state index contributed by atoms with van der Waals surface area (Å²) in [5.74, 6) is -1.52. The molecule has 0 fully saturated rings. The van der Waals surface area contributed by atoms with Gasteiger partial charge < -0.3 is 0 Å². The van der Waals surface area contributed by atoms with E-state index in [1.807, 2.05) is 0 Å². The van der Waals surface area contributed by atoms with Crippen LogP contribution in [0.5, 0.6) is 0 Å². The first-order valence-corrected chi connectivity index (χ1v) is 11.8. The second-order valence-electron chi connectivity index (χ2n) is 8.24. The molecule has 0 N–H and O–H groups in total. The Labute approximate surface area is 203 Å². The SMILES string of the molecule is Cc1c(C)c(C(=O)c2c(C(F)(F)F)cccc2C(F)(F)F)c(C)c(C(=O)[P+](=O)c2ccccc2)c1C. The predicted molar refractivity (Wildman–Crippen MR) is 123 cm³/mol. The average molecular weight is 525 g/mol. The maximum absolute atomic E-state index is 13.7. The van der Waals surface area contributed by atoms with E-state index in [1.165, 1.54) is 39.8 Å². The predicted octanol–water partition coefficient (Wildman–Crippen LogP) is 7.48. The van der Waals surface area contributed by atoms with Gasteiger partial charge in [-0.15, -0.1) is 0 Å². The molecule has 0 spiro atoms. The van der Waals surface area contributed by atoms with Gasteiger partial charge in [-0.05, 0) is 74.2 Å². The van der Waals surface area contributed by atoms with Crippen LogP contribution in [0.25, 0.3) is 0 Å². The van der Waals surface area contributed by atoms with Crippen LogP contribution in [0, 0.1) is 27.7 Å². The normalized spacial score (nSPS) is 12.4. The molecule has 1 unspecified atom stereocenters. The molecule has 0 saturated carbocycles. The number of carbonyl (C=O) groups is 2. The number of halogens is 6. The first-order chi connectivity index (χ1) is 16.6. The third-order valence-electron chi connectivity index (χ3n) is 6.14. The first kappa shape index (κ1) is 27.3. The van der Waals surface area contributed by atoms with Gasteiger partial charge >= 0.3 is 25.7 Å². The molecule has 0 radical (unpaired) electrons. The molecule has 0 aliphatic heterocycles. The molecule has 1 atom stereocenters. The lowest BCUT2D eigenvalue weighted by atomic mass is 9.83. The monoisotopic (exact) mass is 525 g/mol. The summed E-state index contributed by atoms with van der Waals surface area (Å²) in [5, 5.41) is 0.198. The quantitative estimate of drug-likeness (QED) is 0.197. The second-order valence-corrected chi connectivity index (χ2v) is 9.75. The summed E-state index contributed by atoms with van der Waals surface area (Å²) in [6.45, 7) is 5.67. The Balaban J connectivity index is 2.34. The molecule has 0 bridgehead atoms. The van der Waals surface area contributed by atoms with E-state index in [9.17, 15) is 40.5 Å². The fourth-order valence-electron chi connectivity index (χ4n) is 4.18. The van der Waals surface area contributed by atoms with Crippen molar-refractivity contribution in [2.75, 3.05) is 0 Å². The lowest BCUT2D eigenvalue weighted by molar-refractivity contribution is -0.143. The molecule has 0 aliphatic carbocycles. The first-order valence-electron chi connectivity index (χ1n) is 10.6. The Morgan fingerprint density at radius 2 is 1.08 bits per heavy atom. The lowest BCUT2D eigenvalue weighted by Crippen LogP contribution is -2.23. The van der Waals surface area contributed by atoms with Crippen molar-refractivity contribution in [3.8, 4) is 0 Å². The van der Waals surface area contributed by atoms with Gasteiger partial charge in [0.1, 0.15) is 0 Å². The number of hydrogen-bond acceptors (Lipinski definition) is 3. The van der Waals surface area contributed by atoms with E-state index in [4.69, 9.17) is 0 Å². The van der Waals surface area contributed by atoms with Crippen molar-refractivity contribution in [1.29, 1.82) is 0 Å². The topological polar surface area (TPSA) is 51.2 Å². The van der Waals surface area contributed by atoms with Crippen LogP contribution in [0.1, 0.15) is 59.7 Å². The van der Waals surface area contributed by atoms with E-state index in [1.54, 1.807) is 18.2 Å². The van der Waals surface area contributed by atoms with E-state index in [2.05, 4.69) is 0 Å². The average Bonchev–Trinajstić information content (AvgIpc) is 2.81. The zero-order valence-corrected chi connectivity index (χ0v) is 20.5. The van der Waals surface area contributed by atoms with Crippen molar-refractivity contribution in [3.05, 3.63) is 98.6 Å². The van der Waals surface area contributed by atoms with Gasteiger partial charge in [0, 0.05) is 11.1 Å². The van der Waals surface area contributed by atoms with E-state index >= 15 is 0 Å². The zero-order chi connectivity index (χ0) is 27.2. The van der Waals surface area contributed by atoms with E-state index in [0.717, 1.165) is 0 Å². The summed E-state index contributed by atoms with van der Waals surface area (Å²) < 4.78 is 95.3. The molecule has 3 aromatic rings. The summed E-state index contributed by atoms with van der Waals surface area (Å²) >= 11 is 0. The molecule has 36 heavy (non-hydrogen) atoms. The van der Waals surface area contributed by atoms with Crippen molar-refractivity contribution >= 4 is 24.4 Å². The molecular formula is C26H20F6O3P+. The van der Waals surface area contributed by atoms with Crippen LogP contribution in [-0.4, -0.2) is 11.3 Å². The summed E-state index contributed by atoms with van der Waals surface area (Å²) in [4.78, 5) is 26.8. The van der Waals surface area contributed by atoms with Crippen molar-refractivity contribution in [1.82, 2.24) is 0 Å². The van der Waals surface area contributed by atoms with Crippen LogP contribution >= 0.6 is 7.80 Å².